The highest BCUT2D eigenvalue weighted by Gasteiger charge is 2.44. The van der Waals surface area contributed by atoms with Crippen molar-refractivity contribution in [2.45, 2.75) is 50.2 Å². The van der Waals surface area contributed by atoms with E-state index in [1.165, 1.54) is 6.07 Å². The SMILES string of the molecule is O=C(CC1CC1)N[C@H]1C[C@H]2C(=O)NC[C@@H](Cc3nnc(-c4ccccc4F)o3)N2C1. The summed E-state index contributed by atoms with van der Waals surface area (Å²) < 4.78 is 19.7. The average Bonchev–Trinajstić information content (AvgIpc) is 3.23. The minimum atomic E-state index is -0.415. The maximum Gasteiger partial charge on any atom is 0.250 e. The summed E-state index contributed by atoms with van der Waals surface area (Å²) in [5.74, 6) is 0.724. The van der Waals surface area contributed by atoms with Gasteiger partial charge in [-0.2, -0.15) is 0 Å². The highest BCUT2D eigenvalue weighted by atomic mass is 19.1. The lowest BCUT2D eigenvalue weighted by Crippen LogP contribution is -2.58. The van der Waals surface area contributed by atoms with Crippen LogP contribution in [0.1, 0.15) is 31.6 Å². The Balaban J connectivity index is 1.25. The number of benzene rings is 1. The Morgan fingerprint density at radius 2 is 2.13 bits per heavy atom. The molecule has 2 N–H and O–H groups in total. The molecule has 158 valence electrons. The summed E-state index contributed by atoms with van der Waals surface area (Å²) in [6.45, 7) is 1.09. The molecule has 3 atom stereocenters. The first kappa shape index (κ1) is 19.2. The normalized spacial score (nSPS) is 26.3. The van der Waals surface area contributed by atoms with Gasteiger partial charge in [-0.15, -0.1) is 10.2 Å². The number of hydrogen-bond donors (Lipinski definition) is 2. The zero-order valence-corrected chi connectivity index (χ0v) is 16.5. The van der Waals surface area contributed by atoms with Gasteiger partial charge in [-0.05, 0) is 37.3 Å². The van der Waals surface area contributed by atoms with Crippen molar-refractivity contribution in [2.75, 3.05) is 13.1 Å². The molecule has 5 rings (SSSR count). The summed E-state index contributed by atoms with van der Waals surface area (Å²) in [4.78, 5) is 26.7. The van der Waals surface area contributed by atoms with Gasteiger partial charge in [0.05, 0.1) is 11.6 Å². The van der Waals surface area contributed by atoms with Gasteiger partial charge in [0.1, 0.15) is 5.82 Å². The number of amides is 2. The zero-order chi connectivity index (χ0) is 20.7. The van der Waals surface area contributed by atoms with E-state index in [2.05, 4.69) is 25.7 Å². The zero-order valence-electron chi connectivity index (χ0n) is 16.5. The summed E-state index contributed by atoms with van der Waals surface area (Å²) in [7, 11) is 0. The van der Waals surface area contributed by atoms with Crippen LogP contribution < -0.4 is 10.6 Å². The molecule has 3 fully saturated rings. The number of aromatic nitrogens is 2. The number of halogens is 1. The van der Waals surface area contributed by atoms with E-state index in [4.69, 9.17) is 4.42 Å². The standard InChI is InChI=1S/C21H24FN5O3/c22-16-4-2-1-3-15(16)21-26-25-19(30-21)9-14-10-23-20(29)17-8-13(11-27(14)17)24-18(28)7-12-5-6-12/h1-4,12-14,17H,5-11H2,(H,23,29)(H,24,28)/t13-,14+,17-/m0/s1. The van der Waals surface area contributed by atoms with Gasteiger partial charge >= 0.3 is 0 Å². The van der Waals surface area contributed by atoms with Gasteiger partial charge in [0.15, 0.2) is 0 Å². The lowest BCUT2D eigenvalue weighted by molar-refractivity contribution is -0.129. The highest BCUT2D eigenvalue weighted by Crippen LogP contribution is 2.32. The third kappa shape index (κ3) is 3.94. The lowest BCUT2D eigenvalue weighted by atomic mass is 10.1. The van der Waals surface area contributed by atoms with Crippen LogP contribution in [-0.4, -0.2) is 58.1 Å². The molecule has 2 aromatic rings. The van der Waals surface area contributed by atoms with E-state index >= 15 is 0 Å². The molecule has 1 saturated carbocycles. The van der Waals surface area contributed by atoms with Crippen LogP contribution in [-0.2, 0) is 16.0 Å². The van der Waals surface area contributed by atoms with Crippen LogP contribution in [0.3, 0.4) is 0 Å². The fourth-order valence-corrected chi connectivity index (χ4v) is 4.42. The molecule has 8 nitrogen and oxygen atoms in total. The second-order valence-electron chi connectivity index (χ2n) is 8.44. The Bertz CT molecular complexity index is 960. The largest absolute Gasteiger partial charge is 0.421 e. The summed E-state index contributed by atoms with van der Waals surface area (Å²) in [6, 6.07) is 5.93. The molecule has 3 heterocycles. The molecule has 2 saturated heterocycles. The van der Waals surface area contributed by atoms with E-state index in [1.54, 1.807) is 18.2 Å². The topological polar surface area (TPSA) is 100 Å². The molecule has 0 radical (unpaired) electrons. The monoisotopic (exact) mass is 413 g/mol. The Labute approximate surface area is 173 Å². The van der Waals surface area contributed by atoms with Crippen molar-refractivity contribution in [2.24, 2.45) is 5.92 Å². The van der Waals surface area contributed by atoms with Gasteiger partial charge in [0, 0.05) is 38.0 Å². The summed E-state index contributed by atoms with van der Waals surface area (Å²) in [5.41, 5.74) is 0.269. The molecule has 0 unspecified atom stereocenters. The molecule has 1 aromatic carbocycles. The van der Waals surface area contributed by atoms with E-state index in [0.717, 1.165) is 12.8 Å². The van der Waals surface area contributed by atoms with Crippen molar-refractivity contribution in [3.63, 3.8) is 0 Å². The number of nitrogens with one attached hydrogen (secondary N) is 2. The summed E-state index contributed by atoms with van der Waals surface area (Å²) in [5, 5.41) is 14.1. The van der Waals surface area contributed by atoms with Crippen LogP contribution in [0.5, 0.6) is 0 Å². The molecule has 30 heavy (non-hydrogen) atoms. The molecule has 1 aliphatic carbocycles. The van der Waals surface area contributed by atoms with Crippen molar-refractivity contribution in [1.29, 1.82) is 0 Å². The number of hydrogen-bond acceptors (Lipinski definition) is 6. The fourth-order valence-electron chi connectivity index (χ4n) is 4.42. The molecule has 0 spiro atoms. The van der Waals surface area contributed by atoms with Crippen LogP contribution in [0, 0.1) is 11.7 Å². The molecule has 0 bridgehead atoms. The van der Waals surface area contributed by atoms with Crippen molar-refractivity contribution in [3.8, 4) is 11.5 Å². The summed E-state index contributed by atoms with van der Waals surface area (Å²) >= 11 is 0. The van der Waals surface area contributed by atoms with Gasteiger partial charge in [-0.3, -0.25) is 14.5 Å². The molecule has 2 amide bonds. The average molecular weight is 413 g/mol. The van der Waals surface area contributed by atoms with E-state index in [-0.39, 0.29) is 41.4 Å². The van der Waals surface area contributed by atoms with Gasteiger partial charge in [0.25, 0.3) is 5.89 Å². The number of carbonyl (C=O) groups excluding carboxylic acids is 2. The molecular formula is C21H24FN5O3. The molecule has 2 aliphatic heterocycles. The van der Waals surface area contributed by atoms with E-state index in [0.29, 0.717) is 44.2 Å². The Hall–Kier alpha value is -2.81. The number of rotatable bonds is 6. The van der Waals surface area contributed by atoms with E-state index in [1.807, 2.05) is 0 Å². The summed E-state index contributed by atoms with van der Waals surface area (Å²) in [6.07, 6.45) is 3.90. The van der Waals surface area contributed by atoms with Crippen LogP contribution in [0.4, 0.5) is 4.39 Å². The van der Waals surface area contributed by atoms with Crippen molar-refractivity contribution in [1.82, 2.24) is 25.7 Å². The van der Waals surface area contributed by atoms with Crippen LogP contribution in [0.2, 0.25) is 0 Å². The smallest absolute Gasteiger partial charge is 0.250 e. The molecule has 3 aliphatic rings. The molecular weight excluding hydrogens is 389 g/mol. The van der Waals surface area contributed by atoms with Gasteiger partial charge in [-0.1, -0.05) is 12.1 Å². The number of piperazine rings is 1. The number of nitrogens with zero attached hydrogens (tertiary/aromatic N) is 3. The van der Waals surface area contributed by atoms with Crippen molar-refractivity contribution >= 4 is 11.8 Å². The first-order chi connectivity index (χ1) is 14.6. The fraction of sp³-hybridized carbons (Fsp3) is 0.524. The molecule has 1 aromatic heterocycles. The first-order valence-corrected chi connectivity index (χ1v) is 10.5. The Morgan fingerprint density at radius 1 is 1.30 bits per heavy atom. The van der Waals surface area contributed by atoms with Crippen LogP contribution >= 0.6 is 0 Å². The van der Waals surface area contributed by atoms with Crippen molar-refractivity contribution < 1.29 is 18.4 Å². The predicted molar refractivity (Wildman–Crippen MR) is 105 cm³/mol. The maximum atomic E-state index is 14.0. The first-order valence-electron chi connectivity index (χ1n) is 10.5. The lowest BCUT2D eigenvalue weighted by Gasteiger charge is -2.36. The minimum Gasteiger partial charge on any atom is -0.421 e. The third-order valence-electron chi connectivity index (χ3n) is 6.14. The second-order valence-corrected chi connectivity index (χ2v) is 8.44. The minimum absolute atomic E-state index is 0.0113. The van der Waals surface area contributed by atoms with E-state index in [9.17, 15) is 14.0 Å². The quantitative estimate of drug-likeness (QED) is 0.740. The van der Waals surface area contributed by atoms with Gasteiger partial charge in [0.2, 0.25) is 17.7 Å². The second kappa shape index (κ2) is 7.79. The van der Waals surface area contributed by atoms with Gasteiger partial charge in [-0.25, -0.2) is 4.39 Å². The Kier molecular flexibility index (Phi) is 4.98. The predicted octanol–water partition coefficient (Wildman–Crippen LogP) is 1.28. The molecule has 9 heteroatoms. The number of carbonyl (C=O) groups is 2. The Morgan fingerprint density at radius 3 is 2.93 bits per heavy atom. The maximum absolute atomic E-state index is 14.0. The number of fused-ring (bicyclic) bond motifs is 1. The van der Waals surface area contributed by atoms with Crippen LogP contribution in [0.25, 0.3) is 11.5 Å². The van der Waals surface area contributed by atoms with Gasteiger partial charge < -0.3 is 15.1 Å². The third-order valence-corrected chi connectivity index (χ3v) is 6.14. The highest BCUT2D eigenvalue weighted by molar-refractivity contribution is 5.83. The van der Waals surface area contributed by atoms with E-state index < -0.39 is 5.82 Å². The van der Waals surface area contributed by atoms with Crippen molar-refractivity contribution in [3.05, 3.63) is 36.0 Å². The van der Waals surface area contributed by atoms with Crippen LogP contribution in [0.15, 0.2) is 28.7 Å².